The Morgan fingerprint density at radius 2 is 1.89 bits per heavy atom. The van der Waals surface area contributed by atoms with Crippen molar-refractivity contribution in [1.82, 2.24) is 14.8 Å². The number of nitrogens with zero attached hydrogens (tertiary/aromatic N) is 3. The van der Waals surface area contributed by atoms with Gasteiger partial charge in [0, 0.05) is 24.0 Å². The Labute approximate surface area is 156 Å². The summed E-state index contributed by atoms with van der Waals surface area (Å²) in [6, 6.07) is 11.2. The molecule has 1 N–H and O–H groups in total. The van der Waals surface area contributed by atoms with Crippen LogP contribution in [0.4, 0.5) is 18.9 Å². The van der Waals surface area contributed by atoms with Crippen LogP contribution in [0.5, 0.6) is 5.75 Å². The first kappa shape index (κ1) is 19.1. The van der Waals surface area contributed by atoms with Gasteiger partial charge in [0.15, 0.2) is 5.75 Å². The molecule has 0 radical (unpaired) electrons. The molecule has 3 aromatic rings. The van der Waals surface area contributed by atoms with Crippen LogP contribution in [0.2, 0.25) is 0 Å². The maximum absolute atomic E-state index is 12.5. The van der Waals surface area contributed by atoms with Crippen molar-refractivity contribution < 1.29 is 22.7 Å². The molecular weight excluding hydrogens is 377 g/mol. The van der Waals surface area contributed by atoms with E-state index in [9.17, 15) is 22.8 Å². The Balaban J connectivity index is 1.79. The molecular formula is C18H13F3N4O3. The minimum atomic E-state index is -4.91. The predicted molar refractivity (Wildman–Crippen MR) is 93.5 cm³/mol. The summed E-state index contributed by atoms with van der Waals surface area (Å²) in [5, 5.41) is 6.39. The molecule has 10 heteroatoms. The second-order valence-electron chi connectivity index (χ2n) is 5.55. The van der Waals surface area contributed by atoms with E-state index in [1.165, 1.54) is 30.3 Å². The number of alkyl halides is 3. The molecule has 0 aliphatic rings. The number of carbonyl (C=O) groups excluding carboxylic acids is 1. The van der Waals surface area contributed by atoms with Crippen molar-refractivity contribution in [3.8, 4) is 17.0 Å². The molecule has 0 aliphatic heterocycles. The van der Waals surface area contributed by atoms with Gasteiger partial charge in [-0.1, -0.05) is 12.1 Å². The Morgan fingerprint density at radius 3 is 2.61 bits per heavy atom. The quantitative estimate of drug-likeness (QED) is 0.724. The van der Waals surface area contributed by atoms with Crippen molar-refractivity contribution in [3.05, 3.63) is 71.3 Å². The Kier molecular flexibility index (Phi) is 5.39. The number of anilines is 1. The second kappa shape index (κ2) is 7.91. The topological polar surface area (TPSA) is 86.1 Å². The molecule has 28 heavy (non-hydrogen) atoms. The van der Waals surface area contributed by atoms with Crippen molar-refractivity contribution in [2.45, 2.75) is 12.9 Å². The number of aromatic nitrogens is 3. The van der Waals surface area contributed by atoms with Gasteiger partial charge >= 0.3 is 6.36 Å². The number of para-hydroxylation sites is 2. The van der Waals surface area contributed by atoms with Crippen LogP contribution >= 0.6 is 0 Å². The molecule has 2 aromatic heterocycles. The first-order valence-corrected chi connectivity index (χ1v) is 7.95. The van der Waals surface area contributed by atoms with E-state index in [0.29, 0.717) is 11.3 Å². The average molecular weight is 390 g/mol. The van der Waals surface area contributed by atoms with Gasteiger partial charge in [0.05, 0.1) is 11.4 Å². The van der Waals surface area contributed by atoms with Gasteiger partial charge in [-0.15, -0.1) is 13.2 Å². The van der Waals surface area contributed by atoms with Gasteiger partial charge < -0.3 is 10.1 Å². The van der Waals surface area contributed by atoms with Gasteiger partial charge in [-0.05, 0) is 30.3 Å². The molecule has 2 heterocycles. The number of amides is 1. The lowest BCUT2D eigenvalue weighted by molar-refractivity contribution is -0.274. The molecule has 0 saturated carbocycles. The Morgan fingerprint density at radius 1 is 1.11 bits per heavy atom. The van der Waals surface area contributed by atoms with Crippen LogP contribution < -0.4 is 15.6 Å². The molecule has 0 spiro atoms. The van der Waals surface area contributed by atoms with E-state index in [4.69, 9.17) is 0 Å². The third-order valence-electron chi connectivity index (χ3n) is 3.50. The normalized spacial score (nSPS) is 11.1. The Hall–Kier alpha value is -3.69. The highest BCUT2D eigenvalue weighted by atomic mass is 19.4. The summed E-state index contributed by atoms with van der Waals surface area (Å²) in [5.74, 6) is -1.30. The van der Waals surface area contributed by atoms with Crippen LogP contribution in [0.3, 0.4) is 0 Å². The fourth-order valence-electron chi connectivity index (χ4n) is 2.34. The zero-order valence-electron chi connectivity index (χ0n) is 14.2. The molecule has 0 aliphatic carbocycles. The molecule has 0 unspecified atom stereocenters. The molecule has 1 aromatic carbocycles. The first-order valence-electron chi connectivity index (χ1n) is 7.95. The maximum atomic E-state index is 12.5. The fraction of sp³-hybridized carbons (Fsp3) is 0.111. The lowest BCUT2D eigenvalue weighted by atomic mass is 10.2. The number of hydrogen-bond acceptors (Lipinski definition) is 5. The van der Waals surface area contributed by atoms with Gasteiger partial charge in [0.1, 0.15) is 6.54 Å². The largest absolute Gasteiger partial charge is 0.573 e. The van der Waals surface area contributed by atoms with E-state index in [2.05, 4.69) is 20.1 Å². The minimum absolute atomic E-state index is 0.179. The lowest BCUT2D eigenvalue weighted by Crippen LogP contribution is -2.29. The molecule has 1 amide bonds. The van der Waals surface area contributed by atoms with E-state index >= 15 is 0 Å². The molecule has 0 bridgehead atoms. The van der Waals surface area contributed by atoms with Crippen LogP contribution in [-0.2, 0) is 11.3 Å². The minimum Gasteiger partial charge on any atom is -0.404 e. The highest BCUT2D eigenvalue weighted by Crippen LogP contribution is 2.29. The van der Waals surface area contributed by atoms with Gasteiger partial charge in [-0.25, -0.2) is 4.68 Å². The van der Waals surface area contributed by atoms with E-state index in [0.717, 1.165) is 10.7 Å². The van der Waals surface area contributed by atoms with E-state index in [1.807, 2.05) is 0 Å². The van der Waals surface area contributed by atoms with Crippen molar-refractivity contribution in [2.24, 2.45) is 0 Å². The molecule has 0 fully saturated rings. The SMILES string of the molecule is O=C(Cn1nc(-c2cccnc2)ccc1=O)Nc1ccccc1OC(F)(F)F. The van der Waals surface area contributed by atoms with Crippen LogP contribution in [0.1, 0.15) is 0 Å². The number of pyridine rings is 1. The highest BCUT2D eigenvalue weighted by Gasteiger charge is 2.32. The summed E-state index contributed by atoms with van der Waals surface area (Å²) in [6.07, 6.45) is -1.78. The van der Waals surface area contributed by atoms with Gasteiger partial charge in [0.25, 0.3) is 5.56 Å². The molecule has 3 rings (SSSR count). The number of nitrogens with one attached hydrogen (secondary N) is 1. The fourth-order valence-corrected chi connectivity index (χ4v) is 2.34. The number of rotatable bonds is 5. The summed E-state index contributed by atoms with van der Waals surface area (Å²) < 4.78 is 42.2. The monoisotopic (exact) mass is 390 g/mol. The number of benzene rings is 1. The smallest absolute Gasteiger partial charge is 0.404 e. The van der Waals surface area contributed by atoms with Crippen LogP contribution in [0.25, 0.3) is 11.3 Å². The van der Waals surface area contributed by atoms with Crippen molar-refractivity contribution in [3.63, 3.8) is 0 Å². The standard InChI is InChI=1S/C18H13F3N4O3/c19-18(20,21)28-15-6-2-1-5-14(15)23-16(26)11-25-17(27)8-7-13(24-25)12-4-3-9-22-10-12/h1-10H,11H2,(H,23,26). The summed E-state index contributed by atoms with van der Waals surface area (Å²) >= 11 is 0. The van der Waals surface area contributed by atoms with E-state index in [-0.39, 0.29) is 5.69 Å². The zero-order chi connectivity index (χ0) is 20.1. The number of ether oxygens (including phenoxy) is 1. The van der Waals surface area contributed by atoms with E-state index in [1.54, 1.807) is 24.5 Å². The maximum Gasteiger partial charge on any atom is 0.573 e. The number of carbonyl (C=O) groups is 1. The third-order valence-corrected chi connectivity index (χ3v) is 3.50. The average Bonchev–Trinajstić information content (AvgIpc) is 2.65. The summed E-state index contributed by atoms with van der Waals surface area (Å²) in [4.78, 5) is 28.2. The van der Waals surface area contributed by atoms with E-state index < -0.39 is 30.1 Å². The van der Waals surface area contributed by atoms with Crippen molar-refractivity contribution >= 4 is 11.6 Å². The summed E-state index contributed by atoms with van der Waals surface area (Å²) in [5.41, 5.74) is 0.339. The zero-order valence-corrected chi connectivity index (χ0v) is 14.2. The third kappa shape index (κ3) is 4.93. The lowest BCUT2D eigenvalue weighted by Gasteiger charge is -2.14. The molecule has 0 atom stereocenters. The first-order chi connectivity index (χ1) is 13.3. The van der Waals surface area contributed by atoms with Crippen molar-refractivity contribution in [2.75, 3.05) is 5.32 Å². The summed E-state index contributed by atoms with van der Waals surface area (Å²) in [7, 11) is 0. The highest BCUT2D eigenvalue weighted by molar-refractivity contribution is 5.92. The van der Waals surface area contributed by atoms with Gasteiger partial charge in [-0.2, -0.15) is 5.10 Å². The second-order valence-corrected chi connectivity index (χ2v) is 5.55. The number of hydrogen-bond donors (Lipinski definition) is 1. The van der Waals surface area contributed by atoms with Crippen molar-refractivity contribution in [1.29, 1.82) is 0 Å². The van der Waals surface area contributed by atoms with Crippen LogP contribution in [0, 0.1) is 0 Å². The Bertz CT molecular complexity index is 1040. The molecule has 144 valence electrons. The molecule has 0 saturated heterocycles. The van der Waals surface area contributed by atoms with Crippen LogP contribution in [0.15, 0.2) is 65.7 Å². The van der Waals surface area contributed by atoms with Gasteiger partial charge in [0.2, 0.25) is 5.91 Å². The summed E-state index contributed by atoms with van der Waals surface area (Å²) in [6.45, 7) is -0.493. The molecule has 7 nitrogen and oxygen atoms in total. The van der Waals surface area contributed by atoms with Gasteiger partial charge in [-0.3, -0.25) is 14.6 Å². The van der Waals surface area contributed by atoms with Crippen LogP contribution in [-0.4, -0.2) is 27.0 Å². The predicted octanol–water partition coefficient (Wildman–Crippen LogP) is 2.84. The number of halogens is 3.